The van der Waals surface area contributed by atoms with Crippen molar-refractivity contribution in [3.63, 3.8) is 0 Å². The summed E-state index contributed by atoms with van der Waals surface area (Å²) in [6, 6.07) is 10.6. The maximum atomic E-state index is 13.1. The van der Waals surface area contributed by atoms with Crippen molar-refractivity contribution in [3.8, 4) is 5.75 Å². The maximum Gasteiger partial charge on any atom is 0.295 e. The second-order valence-corrected chi connectivity index (χ2v) is 8.18. The Bertz CT molecular complexity index is 1030. The van der Waals surface area contributed by atoms with Crippen LogP contribution in [0.4, 0.5) is 0 Å². The number of methoxy groups -OCH3 is 1. The SMILES string of the molecule is CCCCN1C(=O)C(=O)/C(=C(/O)c2cc(C)cc(Cl)c2OC)C1c1ccc(CC)cc1. The van der Waals surface area contributed by atoms with Crippen LogP contribution < -0.4 is 4.74 Å². The highest BCUT2D eigenvalue weighted by Gasteiger charge is 2.46. The zero-order chi connectivity index (χ0) is 22.7. The predicted molar refractivity (Wildman–Crippen MR) is 122 cm³/mol. The summed E-state index contributed by atoms with van der Waals surface area (Å²) in [6.45, 7) is 6.37. The highest BCUT2D eigenvalue weighted by molar-refractivity contribution is 6.46. The number of ether oxygens (including phenoxy) is 1. The van der Waals surface area contributed by atoms with Crippen molar-refractivity contribution in [1.29, 1.82) is 0 Å². The van der Waals surface area contributed by atoms with E-state index < -0.39 is 17.7 Å². The van der Waals surface area contributed by atoms with E-state index in [-0.39, 0.29) is 17.1 Å². The standard InChI is InChI=1S/C25H28ClNO4/c1-5-7-12-27-21(17-10-8-16(6-2)9-11-17)20(23(29)25(27)30)22(28)18-13-15(3)14-19(26)24(18)31-4/h8-11,13-14,21,28H,5-7,12H2,1-4H3/b22-20+. The second kappa shape index (κ2) is 9.56. The molecule has 5 nitrogen and oxygen atoms in total. The van der Waals surface area contributed by atoms with Crippen molar-refractivity contribution in [2.24, 2.45) is 0 Å². The van der Waals surface area contributed by atoms with Gasteiger partial charge < -0.3 is 14.7 Å². The summed E-state index contributed by atoms with van der Waals surface area (Å²) < 4.78 is 5.40. The third-order valence-electron chi connectivity index (χ3n) is 5.64. The molecule has 1 amide bonds. The van der Waals surface area contributed by atoms with E-state index in [0.29, 0.717) is 17.1 Å². The minimum Gasteiger partial charge on any atom is -0.507 e. The third-order valence-corrected chi connectivity index (χ3v) is 5.92. The number of amides is 1. The van der Waals surface area contributed by atoms with Gasteiger partial charge in [-0.05, 0) is 48.6 Å². The van der Waals surface area contributed by atoms with E-state index in [2.05, 4.69) is 6.92 Å². The number of Topliss-reactive ketones (excluding diaryl/α,β-unsaturated/α-hetero) is 1. The van der Waals surface area contributed by atoms with Crippen LogP contribution in [0.25, 0.3) is 5.76 Å². The fourth-order valence-corrected chi connectivity index (χ4v) is 4.33. The molecular weight excluding hydrogens is 414 g/mol. The molecule has 2 aromatic rings. The third kappa shape index (κ3) is 4.33. The molecule has 0 aliphatic carbocycles. The molecule has 31 heavy (non-hydrogen) atoms. The van der Waals surface area contributed by atoms with Crippen LogP contribution in [0, 0.1) is 6.92 Å². The quantitative estimate of drug-likeness (QED) is 0.353. The Morgan fingerprint density at radius 3 is 2.42 bits per heavy atom. The van der Waals surface area contributed by atoms with Gasteiger partial charge in [0.15, 0.2) is 0 Å². The smallest absolute Gasteiger partial charge is 0.295 e. The van der Waals surface area contributed by atoms with Gasteiger partial charge in [0.05, 0.1) is 29.3 Å². The van der Waals surface area contributed by atoms with Crippen molar-refractivity contribution < 1.29 is 19.4 Å². The van der Waals surface area contributed by atoms with Gasteiger partial charge in [-0.25, -0.2) is 0 Å². The fourth-order valence-electron chi connectivity index (χ4n) is 3.98. The van der Waals surface area contributed by atoms with Gasteiger partial charge in [-0.1, -0.05) is 56.1 Å². The molecule has 3 rings (SSSR count). The second-order valence-electron chi connectivity index (χ2n) is 7.77. The summed E-state index contributed by atoms with van der Waals surface area (Å²) in [6.07, 6.45) is 2.53. The summed E-state index contributed by atoms with van der Waals surface area (Å²) >= 11 is 6.31. The van der Waals surface area contributed by atoms with Crippen LogP contribution in [0.5, 0.6) is 5.75 Å². The van der Waals surface area contributed by atoms with E-state index in [1.807, 2.05) is 38.1 Å². The number of aliphatic hydroxyl groups excluding tert-OH is 1. The van der Waals surface area contributed by atoms with Gasteiger partial charge in [-0.15, -0.1) is 0 Å². The molecule has 0 bridgehead atoms. The van der Waals surface area contributed by atoms with Crippen LogP contribution >= 0.6 is 11.6 Å². The molecule has 1 fully saturated rings. The van der Waals surface area contributed by atoms with Crippen molar-refractivity contribution in [2.75, 3.05) is 13.7 Å². The number of unbranched alkanes of at least 4 members (excludes halogenated alkanes) is 1. The molecular formula is C25H28ClNO4. The van der Waals surface area contributed by atoms with Gasteiger partial charge in [-0.3, -0.25) is 9.59 Å². The Morgan fingerprint density at radius 2 is 1.84 bits per heavy atom. The molecule has 1 heterocycles. The van der Waals surface area contributed by atoms with Crippen molar-refractivity contribution in [2.45, 2.75) is 46.1 Å². The number of carbonyl (C=O) groups excluding carboxylic acids is 2. The fraction of sp³-hybridized carbons (Fsp3) is 0.360. The molecule has 1 N–H and O–H groups in total. The molecule has 1 saturated heterocycles. The summed E-state index contributed by atoms with van der Waals surface area (Å²) in [5.74, 6) is -1.30. The first kappa shape index (κ1) is 22.9. The van der Waals surface area contributed by atoms with E-state index >= 15 is 0 Å². The number of nitrogens with zero attached hydrogens (tertiary/aromatic N) is 1. The van der Waals surface area contributed by atoms with Crippen molar-refractivity contribution in [1.82, 2.24) is 4.90 Å². The van der Waals surface area contributed by atoms with Crippen LogP contribution in [-0.4, -0.2) is 35.4 Å². The van der Waals surface area contributed by atoms with Crippen LogP contribution in [0.1, 0.15) is 55.0 Å². The van der Waals surface area contributed by atoms with Gasteiger partial charge in [0, 0.05) is 6.54 Å². The average molecular weight is 442 g/mol. The zero-order valence-electron chi connectivity index (χ0n) is 18.4. The Kier molecular flexibility index (Phi) is 7.06. The van der Waals surface area contributed by atoms with Crippen LogP contribution in [0.2, 0.25) is 5.02 Å². The number of hydrogen-bond acceptors (Lipinski definition) is 4. The van der Waals surface area contributed by atoms with Gasteiger partial charge in [0.1, 0.15) is 11.5 Å². The summed E-state index contributed by atoms with van der Waals surface area (Å²) in [5.41, 5.74) is 3.10. The first-order valence-corrected chi connectivity index (χ1v) is 10.9. The topological polar surface area (TPSA) is 66.8 Å². The number of likely N-dealkylation sites (tertiary alicyclic amines) is 1. The molecule has 0 radical (unpaired) electrons. The lowest BCUT2D eigenvalue weighted by Crippen LogP contribution is -2.30. The van der Waals surface area contributed by atoms with Gasteiger partial charge in [0.2, 0.25) is 0 Å². The minimum atomic E-state index is -0.696. The number of halogens is 1. The molecule has 2 aromatic carbocycles. The summed E-state index contributed by atoms with van der Waals surface area (Å²) in [5, 5.41) is 11.6. The first-order valence-electron chi connectivity index (χ1n) is 10.6. The number of hydrogen-bond donors (Lipinski definition) is 1. The zero-order valence-corrected chi connectivity index (χ0v) is 19.1. The Labute approximate surface area is 188 Å². The minimum absolute atomic E-state index is 0.0605. The maximum absolute atomic E-state index is 13.1. The number of ketones is 1. The average Bonchev–Trinajstić information content (AvgIpc) is 3.01. The van der Waals surface area contributed by atoms with Crippen LogP contribution in [0.15, 0.2) is 42.0 Å². The normalized spacial score (nSPS) is 18.0. The van der Waals surface area contributed by atoms with Crippen LogP contribution in [-0.2, 0) is 16.0 Å². The molecule has 0 aromatic heterocycles. The number of carbonyl (C=O) groups is 2. The van der Waals surface area contributed by atoms with E-state index in [4.69, 9.17) is 16.3 Å². The van der Waals surface area contributed by atoms with Crippen molar-refractivity contribution >= 4 is 29.1 Å². The first-order chi connectivity index (χ1) is 14.8. The largest absolute Gasteiger partial charge is 0.507 e. The molecule has 0 spiro atoms. The molecule has 6 heteroatoms. The molecule has 1 atom stereocenters. The molecule has 1 aliphatic rings. The Morgan fingerprint density at radius 1 is 1.16 bits per heavy atom. The number of benzene rings is 2. The molecule has 164 valence electrons. The molecule has 1 unspecified atom stereocenters. The van der Waals surface area contributed by atoms with Gasteiger partial charge in [0.25, 0.3) is 11.7 Å². The van der Waals surface area contributed by atoms with Crippen molar-refractivity contribution in [3.05, 3.63) is 69.2 Å². The highest BCUT2D eigenvalue weighted by Crippen LogP contribution is 2.42. The lowest BCUT2D eigenvalue weighted by atomic mass is 9.93. The monoisotopic (exact) mass is 441 g/mol. The Hall–Kier alpha value is -2.79. The van der Waals surface area contributed by atoms with E-state index in [9.17, 15) is 14.7 Å². The lowest BCUT2D eigenvalue weighted by Gasteiger charge is -2.25. The predicted octanol–water partition coefficient (Wildman–Crippen LogP) is 5.44. The van der Waals surface area contributed by atoms with Crippen LogP contribution in [0.3, 0.4) is 0 Å². The number of aryl methyl sites for hydroxylation is 2. The van der Waals surface area contributed by atoms with E-state index in [1.165, 1.54) is 7.11 Å². The van der Waals surface area contributed by atoms with E-state index in [0.717, 1.165) is 36.0 Å². The summed E-state index contributed by atoms with van der Waals surface area (Å²) in [7, 11) is 1.45. The highest BCUT2D eigenvalue weighted by atomic mass is 35.5. The Balaban J connectivity index is 2.24. The number of aliphatic hydroxyl groups is 1. The number of rotatable bonds is 7. The lowest BCUT2D eigenvalue weighted by molar-refractivity contribution is -0.139. The summed E-state index contributed by atoms with van der Waals surface area (Å²) in [4.78, 5) is 27.6. The van der Waals surface area contributed by atoms with E-state index in [1.54, 1.807) is 17.0 Å². The van der Waals surface area contributed by atoms with Gasteiger partial charge >= 0.3 is 0 Å². The van der Waals surface area contributed by atoms with Gasteiger partial charge in [-0.2, -0.15) is 0 Å². The molecule has 0 saturated carbocycles. The molecule has 1 aliphatic heterocycles.